The van der Waals surface area contributed by atoms with Crippen LogP contribution in [-0.4, -0.2) is 72.0 Å². The maximum absolute atomic E-state index is 10.1. The maximum atomic E-state index is 10.1. The fourth-order valence-corrected chi connectivity index (χ4v) is 3.49. The lowest BCUT2D eigenvalue weighted by molar-refractivity contribution is 0.0395. The van der Waals surface area contributed by atoms with E-state index in [1.165, 1.54) is 12.8 Å². The van der Waals surface area contributed by atoms with E-state index in [9.17, 15) is 10.2 Å². The summed E-state index contributed by atoms with van der Waals surface area (Å²) < 4.78 is 0. The van der Waals surface area contributed by atoms with Crippen molar-refractivity contribution in [3.63, 3.8) is 0 Å². The molecule has 1 saturated heterocycles. The molecular weight excluding hydrogens is 228 g/mol. The van der Waals surface area contributed by atoms with Crippen LogP contribution >= 0.6 is 0 Å². The summed E-state index contributed by atoms with van der Waals surface area (Å²) in [5.74, 6) is 0.411. The van der Waals surface area contributed by atoms with Gasteiger partial charge in [0.2, 0.25) is 0 Å². The van der Waals surface area contributed by atoms with E-state index in [1.54, 1.807) is 0 Å². The van der Waals surface area contributed by atoms with Crippen LogP contribution in [0, 0.1) is 5.92 Å². The number of likely N-dealkylation sites (tertiary alicyclic amines) is 1. The molecule has 1 aliphatic heterocycles. The summed E-state index contributed by atoms with van der Waals surface area (Å²) in [5, 5.41) is 19.9. The summed E-state index contributed by atoms with van der Waals surface area (Å²) in [6.45, 7) is 2.73. The lowest BCUT2D eigenvalue weighted by Gasteiger charge is -2.34. The molecule has 4 atom stereocenters. The first-order chi connectivity index (χ1) is 8.56. The minimum atomic E-state index is -0.185. The molecule has 0 radical (unpaired) electrons. The molecule has 2 aliphatic rings. The van der Waals surface area contributed by atoms with E-state index >= 15 is 0 Å². The van der Waals surface area contributed by atoms with Crippen molar-refractivity contribution in [1.82, 2.24) is 9.80 Å². The summed E-state index contributed by atoms with van der Waals surface area (Å²) >= 11 is 0. The van der Waals surface area contributed by atoms with Crippen LogP contribution in [0.2, 0.25) is 0 Å². The SMILES string of the molecule is CN(C)CC1CC(O)CN1CC1CCCCC1O. The molecule has 0 bridgehead atoms. The first-order valence-corrected chi connectivity index (χ1v) is 7.31. The second-order valence-corrected chi connectivity index (χ2v) is 6.37. The third-order valence-corrected chi connectivity index (χ3v) is 4.42. The number of nitrogens with zero attached hydrogens (tertiary/aromatic N) is 2. The Balaban J connectivity index is 1.89. The van der Waals surface area contributed by atoms with Gasteiger partial charge in [-0.3, -0.25) is 4.90 Å². The minimum absolute atomic E-state index is 0.128. The summed E-state index contributed by atoms with van der Waals surface area (Å²) in [4.78, 5) is 4.58. The standard InChI is InChI=1S/C14H28N2O2/c1-15(2)9-12-7-13(17)10-16(12)8-11-5-3-4-6-14(11)18/h11-14,17-18H,3-10H2,1-2H3. The number of rotatable bonds is 4. The number of hydrogen-bond acceptors (Lipinski definition) is 4. The summed E-state index contributed by atoms with van der Waals surface area (Å²) in [5.41, 5.74) is 0. The lowest BCUT2D eigenvalue weighted by Crippen LogP contribution is -2.43. The Morgan fingerprint density at radius 3 is 2.56 bits per heavy atom. The zero-order valence-electron chi connectivity index (χ0n) is 11.8. The molecule has 4 unspecified atom stereocenters. The monoisotopic (exact) mass is 256 g/mol. The van der Waals surface area contributed by atoms with Crippen LogP contribution in [0.25, 0.3) is 0 Å². The largest absolute Gasteiger partial charge is 0.393 e. The van der Waals surface area contributed by atoms with Gasteiger partial charge in [0.25, 0.3) is 0 Å². The van der Waals surface area contributed by atoms with Crippen LogP contribution in [0.15, 0.2) is 0 Å². The van der Waals surface area contributed by atoms with Gasteiger partial charge < -0.3 is 15.1 Å². The Labute approximate surface area is 111 Å². The first-order valence-electron chi connectivity index (χ1n) is 7.31. The highest BCUT2D eigenvalue weighted by molar-refractivity contribution is 4.89. The predicted octanol–water partition coefficient (Wildman–Crippen LogP) is 0.534. The molecule has 4 nitrogen and oxygen atoms in total. The molecule has 0 spiro atoms. The number of β-amino-alcohol motifs (C(OH)–C–C–N with tert-alkyl or cyclic N) is 1. The molecule has 1 heterocycles. The maximum Gasteiger partial charge on any atom is 0.0682 e. The van der Waals surface area contributed by atoms with Gasteiger partial charge in [0.1, 0.15) is 0 Å². The van der Waals surface area contributed by atoms with Gasteiger partial charge in [-0.2, -0.15) is 0 Å². The van der Waals surface area contributed by atoms with Crippen molar-refractivity contribution in [1.29, 1.82) is 0 Å². The van der Waals surface area contributed by atoms with E-state index in [2.05, 4.69) is 23.9 Å². The minimum Gasteiger partial charge on any atom is -0.393 e. The molecule has 0 aromatic rings. The van der Waals surface area contributed by atoms with Gasteiger partial charge in [0, 0.05) is 25.7 Å². The number of aliphatic hydroxyl groups excluding tert-OH is 2. The molecule has 2 N–H and O–H groups in total. The molecule has 2 fully saturated rings. The average Bonchev–Trinajstić information content (AvgIpc) is 2.61. The first kappa shape index (κ1) is 14.3. The smallest absolute Gasteiger partial charge is 0.0682 e. The molecule has 0 amide bonds. The van der Waals surface area contributed by atoms with Gasteiger partial charge >= 0.3 is 0 Å². The normalized spacial score (nSPS) is 38.5. The molecule has 18 heavy (non-hydrogen) atoms. The third kappa shape index (κ3) is 3.67. The van der Waals surface area contributed by atoms with Crippen molar-refractivity contribution in [3.05, 3.63) is 0 Å². The Bertz CT molecular complexity index is 260. The molecule has 0 aromatic heterocycles. The highest BCUT2D eigenvalue weighted by Crippen LogP contribution is 2.28. The van der Waals surface area contributed by atoms with Gasteiger partial charge in [0.15, 0.2) is 0 Å². The predicted molar refractivity (Wildman–Crippen MR) is 72.5 cm³/mol. The van der Waals surface area contributed by atoms with Gasteiger partial charge in [0.05, 0.1) is 12.2 Å². The van der Waals surface area contributed by atoms with Gasteiger partial charge in [-0.05, 0) is 39.3 Å². The van der Waals surface area contributed by atoms with Crippen molar-refractivity contribution in [3.8, 4) is 0 Å². The second-order valence-electron chi connectivity index (χ2n) is 6.37. The van der Waals surface area contributed by atoms with Crippen molar-refractivity contribution in [2.75, 3.05) is 33.7 Å². The second kappa shape index (κ2) is 6.33. The third-order valence-electron chi connectivity index (χ3n) is 4.42. The zero-order valence-corrected chi connectivity index (χ0v) is 11.8. The number of aliphatic hydroxyl groups is 2. The quantitative estimate of drug-likeness (QED) is 0.770. The highest BCUT2D eigenvalue weighted by Gasteiger charge is 2.34. The Kier molecular flexibility index (Phi) is 5.01. The Hall–Kier alpha value is -0.160. The van der Waals surface area contributed by atoms with Crippen LogP contribution in [0.5, 0.6) is 0 Å². The van der Waals surface area contributed by atoms with Crippen molar-refractivity contribution < 1.29 is 10.2 Å². The Morgan fingerprint density at radius 2 is 1.89 bits per heavy atom. The fourth-order valence-electron chi connectivity index (χ4n) is 3.49. The molecule has 1 saturated carbocycles. The molecule has 1 aliphatic carbocycles. The van der Waals surface area contributed by atoms with Crippen LogP contribution in [0.4, 0.5) is 0 Å². The van der Waals surface area contributed by atoms with E-state index in [-0.39, 0.29) is 12.2 Å². The molecule has 0 aromatic carbocycles. The molecule has 106 valence electrons. The van der Waals surface area contributed by atoms with Crippen LogP contribution in [-0.2, 0) is 0 Å². The van der Waals surface area contributed by atoms with E-state index in [0.717, 1.165) is 38.9 Å². The Morgan fingerprint density at radius 1 is 1.17 bits per heavy atom. The summed E-state index contributed by atoms with van der Waals surface area (Å²) in [7, 11) is 4.16. The van der Waals surface area contributed by atoms with Crippen molar-refractivity contribution in [2.24, 2.45) is 5.92 Å². The fraction of sp³-hybridized carbons (Fsp3) is 1.00. The van der Waals surface area contributed by atoms with Gasteiger partial charge in [-0.15, -0.1) is 0 Å². The average molecular weight is 256 g/mol. The van der Waals surface area contributed by atoms with Crippen LogP contribution < -0.4 is 0 Å². The molecular formula is C14H28N2O2. The van der Waals surface area contributed by atoms with E-state index < -0.39 is 0 Å². The molecule has 4 heteroatoms. The number of hydrogen-bond donors (Lipinski definition) is 2. The van der Waals surface area contributed by atoms with Crippen LogP contribution in [0.1, 0.15) is 32.1 Å². The van der Waals surface area contributed by atoms with Crippen molar-refractivity contribution >= 4 is 0 Å². The van der Waals surface area contributed by atoms with E-state index in [1.807, 2.05) is 0 Å². The van der Waals surface area contributed by atoms with E-state index in [0.29, 0.717) is 12.0 Å². The highest BCUT2D eigenvalue weighted by atomic mass is 16.3. The van der Waals surface area contributed by atoms with Gasteiger partial charge in [-0.1, -0.05) is 12.8 Å². The number of likely N-dealkylation sites (N-methyl/N-ethyl adjacent to an activating group) is 1. The van der Waals surface area contributed by atoms with Gasteiger partial charge in [-0.25, -0.2) is 0 Å². The van der Waals surface area contributed by atoms with E-state index in [4.69, 9.17) is 0 Å². The zero-order chi connectivity index (χ0) is 13.1. The summed E-state index contributed by atoms with van der Waals surface area (Å²) in [6, 6.07) is 0.448. The topological polar surface area (TPSA) is 46.9 Å². The summed E-state index contributed by atoms with van der Waals surface area (Å²) in [6.07, 6.45) is 5.08. The van der Waals surface area contributed by atoms with Crippen molar-refractivity contribution in [2.45, 2.75) is 50.4 Å². The molecule has 2 rings (SSSR count). The van der Waals surface area contributed by atoms with Crippen LogP contribution in [0.3, 0.4) is 0 Å². The lowest BCUT2D eigenvalue weighted by atomic mass is 9.86.